The van der Waals surface area contributed by atoms with Crippen LogP contribution >= 0.6 is 15.9 Å². The summed E-state index contributed by atoms with van der Waals surface area (Å²) in [6, 6.07) is 7.77. The first kappa shape index (κ1) is 11.9. The van der Waals surface area contributed by atoms with Crippen molar-refractivity contribution in [2.24, 2.45) is 0 Å². The minimum absolute atomic E-state index is 0.213. The van der Waals surface area contributed by atoms with Gasteiger partial charge in [0.05, 0.1) is 6.20 Å². The molecule has 0 atom stereocenters. The number of imidazole rings is 1. The number of aromatic nitrogens is 2. The lowest BCUT2D eigenvalue weighted by molar-refractivity contribution is 0.0685. The number of benzene rings is 1. The Hall–Kier alpha value is -1.62. The maximum Gasteiger partial charge on any atom is 0.354 e. The molecule has 5 heteroatoms. The van der Waals surface area contributed by atoms with Crippen molar-refractivity contribution >= 4 is 21.9 Å². The standard InChI is InChI=1S/C12H11BrN2O2/c1-8-14-6-11(12(16)17)15(8)7-9-2-4-10(13)5-3-9/h2-6H,7H2,1H3,(H,16,17). The van der Waals surface area contributed by atoms with Crippen LogP contribution in [0.25, 0.3) is 0 Å². The van der Waals surface area contributed by atoms with E-state index >= 15 is 0 Å². The van der Waals surface area contributed by atoms with Crippen molar-refractivity contribution in [1.82, 2.24) is 9.55 Å². The van der Waals surface area contributed by atoms with E-state index in [4.69, 9.17) is 5.11 Å². The summed E-state index contributed by atoms with van der Waals surface area (Å²) in [6.45, 7) is 2.31. The molecule has 1 heterocycles. The van der Waals surface area contributed by atoms with Crippen LogP contribution in [0.5, 0.6) is 0 Å². The van der Waals surface area contributed by atoms with Crippen LogP contribution in [-0.4, -0.2) is 20.6 Å². The predicted molar refractivity (Wildman–Crippen MR) is 67.2 cm³/mol. The van der Waals surface area contributed by atoms with Gasteiger partial charge in [-0.2, -0.15) is 0 Å². The molecule has 0 amide bonds. The van der Waals surface area contributed by atoms with Gasteiger partial charge in [-0.05, 0) is 24.6 Å². The van der Waals surface area contributed by atoms with Crippen molar-refractivity contribution in [3.8, 4) is 0 Å². The van der Waals surface area contributed by atoms with Crippen molar-refractivity contribution in [1.29, 1.82) is 0 Å². The maximum atomic E-state index is 11.0. The molecule has 1 aromatic heterocycles. The quantitative estimate of drug-likeness (QED) is 0.947. The number of aromatic carboxylic acids is 1. The van der Waals surface area contributed by atoms with Gasteiger partial charge in [-0.25, -0.2) is 9.78 Å². The Kier molecular flexibility index (Phi) is 3.28. The summed E-state index contributed by atoms with van der Waals surface area (Å²) in [7, 11) is 0. The summed E-state index contributed by atoms with van der Waals surface area (Å²) < 4.78 is 2.69. The Balaban J connectivity index is 2.32. The first-order chi connectivity index (χ1) is 8.08. The van der Waals surface area contributed by atoms with E-state index in [1.807, 2.05) is 24.3 Å². The van der Waals surface area contributed by atoms with Crippen LogP contribution in [0, 0.1) is 6.92 Å². The van der Waals surface area contributed by atoms with Gasteiger partial charge in [0.2, 0.25) is 0 Å². The van der Waals surface area contributed by atoms with E-state index in [0.717, 1.165) is 10.0 Å². The topological polar surface area (TPSA) is 55.1 Å². The van der Waals surface area contributed by atoms with Crippen LogP contribution in [-0.2, 0) is 6.54 Å². The van der Waals surface area contributed by atoms with Crippen LogP contribution in [0.15, 0.2) is 34.9 Å². The Labute approximate surface area is 107 Å². The lowest BCUT2D eigenvalue weighted by Crippen LogP contribution is -2.10. The highest BCUT2D eigenvalue weighted by Gasteiger charge is 2.13. The fourth-order valence-electron chi connectivity index (χ4n) is 1.61. The lowest BCUT2D eigenvalue weighted by Gasteiger charge is -2.08. The van der Waals surface area contributed by atoms with Crippen LogP contribution in [0.3, 0.4) is 0 Å². The average molecular weight is 295 g/mol. The SMILES string of the molecule is Cc1ncc(C(=O)O)n1Cc1ccc(Br)cc1. The minimum Gasteiger partial charge on any atom is -0.477 e. The van der Waals surface area contributed by atoms with E-state index in [1.54, 1.807) is 11.5 Å². The summed E-state index contributed by atoms with van der Waals surface area (Å²) in [5.74, 6) is -0.256. The van der Waals surface area contributed by atoms with Crippen molar-refractivity contribution in [2.75, 3.05) is 0 Å². The van der Waals surface area contributed by atoms with Gasteiger partial charge in [0.1, 0.15) is 11.5 Å². The van der Waals surface area contributed by atoms with Gasteiger partial charge in [-0.15, -0.1) is 0 Å². The number of rotatable bonds is 3. The molecule has 88 valence electrons. The van der Waals surface area contributed by atoms with Gasteiger partial charge in [0, 0.05) is 11.0 Å². The fourth-order valence-corrected chi connectivity index (χ4v) is 1.88. The number of hydrogen-bond donors (Lipinski definition) is 1. The zero-order valence-electron chi connectivity index (χ0n) is 9.22. The first-order valence-electron chi connectivity index (χ1n) is 5.08. The van der Waals surface area contributed by atoms with Gasteiger partial charge in [-0.1, -0.05) is 28.1 Å². The second-order valence-corrected chi connectivity index (χ2v) is 4.62. The summed E-state index contributed by atoms with van der Waals surface area (Å²) >= 11 is 3.36. The second-order valence-electron chi connectivity index (χ2n) is 3.71. The maximum absolute atomic E-state index is 11.0. The van der Waals surface area contributed by atoms with E-state index in [0.29, 0.717) is 12.4 Å². The molecule has 0 aliphatic rings. The number of carbonyl (C=O) groups is 1. The van der Waals surface area contributed by atoms with Crippen molar-refractivity contribution in [2.45, 2.75) is 13.5 Å². The normalized spacial score (nSPS) is 10.5. The molecule has 2 rings (SSSR count). The van der Waals surface area contributed by atoms with Gasteiger partial charge < -0.3 is 9.67 Å². The molecule has 0 aliphatic carbocycles. The van der Waals surface area contributed by atoms with Crippen LogP contribution in [0.4, 0.5) is 0 Å². The highest BCUT2D eigenvalue weighted by molar-refractivity contribution is 9.10. The van der Waals surface area contributed by atoms with E-state index in [2.05, 4.69) is 20.9 Å². The number of carboxylic acids is 1. The number of halogens is 1. The zero-order valence-corrected chi connectivity index (χ0v) is 10.8. The molecule has 2 aromatic rings. The van der Waals surface area contributed by atoms with Crippen LogP contribution in [0.1, 0.15) is 21.9 Å². The molecule has 0 fully saturated rings. The van der Waals surface area contributed by atoms with Gasteiger partial charge in [0.25, 0.3) is 0 Å². The molecule has 0 bridgehead atoms. The van der Waals surface area contributed by atoms with Crippen molar-refractivity contribution in [3.05, 3.63) is 52.0 Å². The van der Waals surface area contributed by atoms with E-state index in [1.165, 1.54) is 6.20 Å². The fraction of sp³-hybridized carbons (Fsp3) is 0.167. The van der Waals surface area contributed by atoms with Gasteiger partial charge in [-0.3, -0.25) is 0 Å². The predicted octanol–water partition coefficient (Wildman–Crippen LogP) is 2.70. The van der Waals surface area contributed by atoms with Crippen molar-refractivity contribution in [3.63, 3.8) is 0 Å². The molecule has 0 radical (unpaired) electrons. The first-order valence-corrected chi connectivity index (χ1v) is 5.87. The van der Waals surface area contributed by atoms with E-state index < -0.39 is 5.97 Å². The highest BCUT2D eigenvalue weighted by atomic mass is 79.9. The Morgan fingerprint density at radius 2 is 2.06 bits per heavy atom. The third-order valence-electron chi connectivity index (χ3n) is 2.53. The second kappa shape index (κ2) is 4.71. The number of aryl methyl sites for hydroxylation is 1. The smallest absolute Gasteiger partial charge is 0.354 e. The molecule has 0 saturated carbocycles. The monoisotopic (exact) mass is 294 g/mol. The van der Waals surface area contributed by atoms with Crippen LogP contribution in [0.2, 0.25) is 0 Å². The van der Waals surface area contributed by atoms with Crippen molar-refractivity contribution < 1.29 is 9.90 Å². The van der Waals surface area contributed by atoms with E-state index in [-0.39, 0.29) is 5.69 Å². The molecule has 0 saturated heterocycles. The molecule has 0 aliphatic heterocycles. The Morgan fingerprint density at radius 3 is 2.65 bits per heavy atom. The summed E-state index contributed by atoms with van der Waals surface area (Å²) in [6.07, 6.45) is 1.39. The number of nitrogens with zero attached hydrogens (tertiary/aromatic N) is 2. The molecule has 1 N–H and O–H groups in total. The molecular weight excluding hydrogens is 284 g/mol. The molecule has 0 spiro atoms. The molecule has 4 nitrogen and oxygen atoms in total. The third kappa shape index (κ3) is 2.55. The molecule has 17 heavy (non-hydrogen) atoms. The number of carboxylic acid groups (broad SMARTS) is 1. The lowest BCUT2D eigenvalue weighted by atomic mass is 10.2. The van der Waals surface area contributed by atoms with E-state index in [9.17, 15) is 4.79 Å². The minimum atomic E-state index is -0.956. The average Bonchev–Trinajstić information content (AvgIpc) is 2.64. The summed E-state index contributed by atoms with van der Waals surface area (Å²) in [5, 5.41) is 9.03. The molecule has 1 aromatic carbocycles. The highest BCUT2D eigenvalue weighted by Crippen LogP contribution is 2.13. The van der Waals surface area contributed by atoms with Crippen LogP contribution < -0.4 is 0 Å². The number of hydrogen-bond acceptors (Lipinski definition) is 2. The third-order valence-corrected chi connectivity index (χ3v) is 3.06. The zero-order chi connectivity index (χ0) is 12.4. The molecule has 0 unspecified atom stereocenters. The largest absolute Gasteiger partial charge is 0.477 e. The van der Waals surface area contributed by atoms with Gasteiger partial charge in [0.15, 0.2) is 0 Å². The Bertz CT molecular complexity index is 546. The summed E-state index contributed by atoms with van der Waals surface area (Å²) in [4.78, 5) is 15.0. The Morgan fingerprint density at radius 1 is 1.41 bits per heavy atom. The molecular formula is C12H11BrN2O2. The summed E-state index contributed by atoms with van der Waals surface area (Å²) in [5.41, 5.74) is 1.25. The van der Waals surface area contributed by atoms with Gasteiger partial charge >= 0.3 is 5.97 Å².